The van der Waals surface area contributed by atoms with E-state index in [1.54, 1.807) is 13.8 Å². The molecule has 0 radical (unpaired) electrons. The summed E-state index contributed by atoms with van der Waals surface area (Å²) in [5.41, 5.74) is 2.03. The Kier molecular flexibility index (Phi) is 4.16. The minimum atomic E-state index is -0.333. The van der Waals surface area contributed by atoms with Gasteiger partial charge < -0.3 is 4.74 Å². The van der Waals surface area contributed by atoms with Crippen molar-refractivity contribution >= 4 is 16.9 Å². The highest BCUT2D eigenvalue weighted by atomic mass is 16.5. The van der Waals surface area contributed by atoms with Gasteiger partial charge in [-0.3, -0.25) is 14.8 Å². The molecule has 0 aliphatic carbocycles. The molecule has 1 heterocycles. The maximum absolute atomic E-state index is 11.5. The molecule has 0 aliphatic rings. The number of rotatable bonds is 5. The Bertz CT molecular complexity index is 577. The standard InChI is InChI=1S/C14H19N3O2/c1-4-19-14(18)10(2)15-9-12-11-7-5-6-8-13(11)17(3)16-12/h5-8,10,15H,4,9H2,1-3H3. The molecule has 5 heteroatoms. The highest BCUT2D eigenvalue weighted by Crippen LogP contribution is 2.17. The Balaban J connectivity index is 2.08. The number of hydrogen-bond acceptors (Lipinski definition) is 4. The maximum Gasteiger partial charge on any atom is 0.322 e. The van der Waals surface area contributed by atoms with E-state index in [1.807, 2.05) is 36.0 Å². The van der Waals surface area contributed by atoms with Crippen molar-refractivity contribution in [2.24, 2.45) is 7.05 Å². The van der Waals surface area contributed by atoms with Gasteiger partial charge in [0.15, 0.2) is 0 Å². The number of carbonyl (C=O) groups is 1. The summed E-state index contributed by atoms with van der Waals surface area (Å²) in [4.78, 5) is 11.5. The molecule has 0 aliphatic heterocycles. The number of nitrogens with one attached hydrogen (secondary N) is 1. The van der Waals surface area contributed by atoms with Gasteiger partial charge in [0.1, 0.15) is 6.04 Å². The summed E-state index contributed by atoms with van der Waals surface area (Å²) in [7, 11) is 1.92. The number of nitrogens with zero attached hydrogens (tertiary/aromatic N) is 2. The van der Waals surface area contributed by atoms with E-state index in [1.165, 1.54) is 0 Å². The normalized spacial score (nSPS) is 12.6. The second-order valence-corrected chi connectivity index (χ2v) is 4.44. The first-order valence-electron chi connectivity index (χ1n) is 6.44. The number of ether oxygens (including phenoxy) is 1. The lowest BCUT2D eigenvalue weighted by atomic mass is 10.2. The summed E-state index contributed by atoms with van der Waals surface area (Å²) < 4.78 is 6.81. The lowest BCUT2D eigenvalue weighted by Crippen LogP contribution is -2.35. The van der Waals surface area contributed by atoms with Crippen molar-refractivity contribution in [3.8, 4) is 0 Å². The molecule has 0 saturated carbocycles. The minimum absolute atomic E-state index is 0.234. The third-order valence-electron chi connectivity index (χ3n) is 3.05. The van der Waals surface area contributed by atoms with Gasteiger partial charge in [-0.1, -0.05) is 18.2 Å². The van der Waals surface area contributed by atoms with Gasteiger partial charge in [-0.25, -0.2) is 0 Å². The average molecular weight is 261 g/mol. The van der Waals surface area contributed by atoms with Crippen LogP contribution in [0.15, 0.2) is 24.3 Å². The number of aromatic nitrogens is 2. The fourth-order valence-corrected chi connectivity index (χ4v) is 2.02. The third kappa shape index (κ3) is 2.93. The van der Waals surface area contributed by atoms with E-state index in [0.717, 1.165) is 16.6 Å². The summed E-state index contributed by atoms with van der Waals surface area (Å²) in [6.07, 6.45) is 0. The molecule has 1 aromatic carbocycles. The maximum atomic E-state index is 11.5. The zero-order chi connectivity index (χ0) is 13.8. The van der Waals surface area contributed by atoms with E-state index in [4.69, 9.17) is 4.74 Å². The van der Waals surface area contributed by atoms with Crippen molar-refractivity contribution in [3.05, 3.63) is 30.0 Å². The molecule has 19 heavy (non-hydrogen) atoms. The van der Waals surface area contributed by atoms with Gasteiger partial charge in [0.2, 0.25) is 0 Å². The first-order valence-corrected chi connectivity index (χ1v) is 6.44. The number of fused-ring (bicyclic) bond motifs is 1. The van der Waals surface area contributed by atoms with Crippen LogP contribution in [0.3, 0.4) is 0 Å². The van der Waals surface area contributed by atoms with E-state index in [0.29, 0.717) is 13.2 Å². The number of esters is 1. The Morgan fingerprint density at radius 1 is 1.47 bits per heavy atom. The van der Waals surface area contributed by atoms with Gasteiger partial charge >= 0.3 is 5.97 Å². The Hall–Kier alpha value is -1.88. The lowest BCUT2D eigenvalue weighted by molar-refractivity contribution is -0.145. The van der Waals surface area contributed by atoms with Gasteiger partial charge in [0.05, 0.1) is 17.8 Å². The molecule has 0 spiro atoms. The van der Waals surface area contributed by atoms with Gasteiger partial charge in [0, 0.05) is 19.0 Å². The molecule has 1 aromatic heterocycles. The van der Waals surface area contributed by atoms with E-state index in [9.17, 15) is 4.79 Å². The number of benzene rings is 1. The van der Waals surface area contributed by atoms with Crippen LogP contribution in [0.5, 0.6) is 0 Å². The molecule has 0 amide bonds. The van der Waals surface area contributed by atoms with E-state index < -0.39 is 0 Å². The predicted octanol–water partition coefficient (Wildman–Crippen LogP) is 1.61. The monoisotopic (exact) mass is 261 g/mol. The quantitative estimate of drug-likeness (QED) is 0.831. The van der Waals surface area contributed by atoms with Crippen LogP contribution in [0.1, 0.15) is 19.5 Å². The number of hydrogen-bond donors (Lipinski definition) is 1. The minimum Gasteiger partial charge on any atom is -0.465 e. The smallest absolute Gasteiger partial charge is 0.322 e. The van der Waals surface area contributed by atoms with Crippen LogP contribution in [0.2, 0.25) is 0 Å². The van der Waals surface area contributed by atoms with Crippen molar-refractivity contribution in [3.63, 3.8) is 0 Å². The zero-order valence-corrected chi connectivity index (χ0v) is 11.5. The molecule has 1 unspecified atom stereocenters. The topological polar surface area (TPSA) is 56.1 Å². The first kappa shape index (κ1) is 13.5. The summed E-state index contributed by atoms with van der Waals surface area (Å²) in [6, 6.07) is 7.71. The highest BCUT2D eigenvalue weighted by Gasteiger charge is 2.15. The largest absolute Gasteiger partial charge is 0.465 e. The Morgan fingerprint density at radius 3 is 2.95 bits per heavy atom. The van der Waals surface area contributed by atoms with Crippen LogP contribution in [0.25, 0.3) is 10.9 Å². The molecule has 1 atom stereocenters. The summed E-state index contributed by atoms with van der Waals surface area (Å²) in [5, 5.41) is 8.71. The number of carbonyl (C=O) groups excluding carboxylic acids is 1. The van der Waals surface area contributed by atoms with Crippen molar-refractivity contribution in [2.75, 3.05) is 6.61 Å². The van der Waals surface area contributed by atoms with Crippen LogP contribution in [0, 0.1) is 0 Å². The summed E-state index contributed by atoms with van der Waals surface area (Å²) in [5.74, 6) is -0.234. The molecule has 2 aromatic rings. The average Bonchev–Trinajstić information content (AvgIpc) is 2.74. The van der Waals surface area contributed by atoms with E-state index in [-0.39, 0.29) is 12.0 Å². The first-order chi connectivity index (χ1) is 9.13. The van der Waals surface area contributed by atoms with Crippen LogP contribution < -0.4 is 5.32 Å². The SMILES string of the molecule is CCOC(=O)C(C)NCc1nn(C)c2ccccc12. The Labute approximate surface area is 112 Å². The van der Waals surface area contributed by atoms with Gasteiger partial charge in [0.25, 0.3) is 0 Å². The predicted molar refractivity (Wildman–Crippen MR) is 73.6 cm³/mol. The molecule has 0 fully saturated rings. The molecule has 0 saturated heterocycles. The molecule has 0 bridgehead atoms. The summed E-state index contributed by atoms with van der Waals surface area (Å²) >= 11 is 0. The van der Waals surface area contributed by atoms with Crippen LogP contribution in [-0.2, 0) is 23.1 Å². The second-order valence-electron chi connectivity index (χ2n) is 4.44. The number of para-hydroxylation sites is 1. The van der Waals surface area contributed by atoms with Crippen molar-refractivity contribution in [2.45, 2.75) is 26.4 Å². The van der Waals surface area contributed by atoms with E-state index in [2.05, 4.69) is 10.4 Å². The molecule has 2 rings (SSSR count). The van der Waals surface area contributed by atoms with E-state index >= 15 is 0 Å². The lowest BCUT2D eigenvalue weighted by Gasteiger charge is -2.11. The highest BCUT2D eigenvalue weighted by molar-refractivity contribution is 5.82. The van der Waals surface area contributed by atoms with Crippen molar-refractivity contribution in [1.29, 1.82) is 0 Å². The summed E-state index contributed by atoms with van der Waals surface area (Å²) in [6.45, 7) is 4.54. The van der Waals surface area contributed by atoms with Crippen LogP contribution in [0.4, 0.5) is 0 Å². The van der Waals surface area contributed by atoms with Gasteiger partial charge in [-0.2, -0.15) is 5.10 Å². The molecular weight excluding hydrogens is 242 g/mol. The molecular formula is C14H19N3O2. The second kappa shape index (κ2) is 5.84. The van der Waals surface area contributed by atoms with Crippen LogP contribution >= 0.6 is 0 Å². The van der Waals surface area contributed by atoms with Crippen molar-refractivity contribution < 1.29 is 9.53 Å². The Morgan fingerprint density at radius 2 is 2.21 bits per heavy atom. The molecule has 1 N–H and O–H groups in total. The molecule has 102 valence electrons. The third-order valence-corrected chi connectivity index (χ3v) is 3.05. The van der Waals surface area contributed by atoms with Crippen molar-refractivity contribution in [1.82, 2.24) is 15.1 Å². The fraction of sp³-hybridized carbons (Fsp3) is 0.429. The van der Waals surface area contributed by atoms with Crippen LogP contribution in [-0.4, -0.2) is 28.4 Å². The number of aryl methyl sites for hydroxylation is 1. The fourth-order valence-electron chi connectivity index (χ4n) is 2.02. The van der Waals surface area contributed by atoms with Gasteiger partial charge in [-0.05, 0) is 19.9 Å². The van der Waals surface area contributed by atoms with Gasteiger partial charge in [-0.15, -0.1) is 0 Å². The zero-order valence-electron chi connectivity index (χ0n) is 11.5. The molecule has 5 nitrogen and oxygen atoms in total.